The van der Waals surface area contributed by atoms with Crippen LogP contribution in [0.1, 0.15) is 39.0 Å². The van der Waals surface area contributed by atoms with Gasteiger partial charge in [0, 0.05) is 35.3 Å². The van der Waals surface area contributed by atoms with E-state index in [1.807, 2.05) is 6.07 Å². The first kappa shape index (κ1) is 15.6. The van der Waals surface area contributed by atoms with Crippen LogP contribution in [0.5, 0.6) is 0 Å². The van der Waals surface area contributed by atoms with Crippen LogP contribution in [0.3, 0.4) is 0 Å². The minimum atomic E-state index is 0.526. The first-order valence-corrected chi connectivity index (χ1v) is 9.27. The zero-order valence-electron chi connectivity index (χ0n) is 12.6. The molecule has 0 bridgehead atoms. The normalized spacial score (nSPS) is 27.9. The Hall–Kier alpha value is -0.250. The SMILES string of the molecule is CC1CNC(C2CCCCC2)CN1c1ccc(Cl)c(Br)c1. The van der Waals surface area contributed by atoms with Crippen LogP contribution in [-0.4, -0.2) is 25.2 Å². The van der Waals surface area contributed by atoms with E-state index in [0.29, 0.717) is 12.1 Å². The van der Waals surface area contributed by atoms with Gasteiger partial charge in [0.25, 0.3) is 0 Å². The first-order chi connectivity index (χ1) is 10.1. The second-order valence-electron chi connectivity index (χ2n) is 6.51. The van der Waals surface area contributed by atoms with Gasteiger partial charge in [0.2, 0.25) is 0 Å². The Bertz CT molecular complexity index is 488. The van der Waals surface area contributed by atoms with Gasteiger partial charge < -0.3 is 10.2 Å². The Morgan fingerprint density at radius 3 is 2.71 bits per heavy atom. The molecule has 1 aromatic carbocycles. The Labute approximate surface area is 141 Å². The lowest BCUT2D eigenvalue weighted by Crippen LogP contribution is -2.58. The summed E-state index contributed by atoms with van der Waals surface area (Å²) < 4.78 is 0.988. The predicted molar refractivity (Wildman–Crippen MR) is 94.3 cm³/mol. The van der Waals surface area contributed by atoms with Gasteiger partial charge >= 0.3 is 0 Å². The maximum atomic E-state index is 6.13. The van der Waals surface area contributed by atoms with E-state index < -0.39 is 0 Å². The minimum Gasteiger partial charge on any atom is -0.366 e. The van der Waals surface area contributed by atoms with Gasteiger partial charge in [0.15, 0.2) is 0 Å². The molecule has 0 spiro atoms. The third-order valence-electron chi connectivity index (χ3n) is 5.05. The molecule has 2 nitrogen and oxygen atoms in total. The number of benzene rings is 1. The van der Waals surface area contributed by atoms with E-state index in [1.165, 1.54) is 37.8 Å². The van der Waals surface area contributed by atoms with Crippen LogP contribution in [0, 0.1) is 5.92 Å². The Morgan fingerprint density at radius 1 is 1.24 bits per heavy atom. The molecule has 0 aromatic heterocycles. The molecule has 4 heteroatoms. The van der Waals surface area contributed by atoms with Gasteiger partial charge in [-0.3, -0.25) is 0 Å². The van der Waals surface area contributed by atoms with Crippen LogP contribution >= 0.6 is 27.5 Å². The van der Waals surface area contributed by atoms with E-state index in [0.717, 1.165) is 28.5 Å². The lowest BCUT2D eigenvalue weighted by atomic mass is 9.82. The number of nitrogens with one attached hydrogen (secondary N) is 1. The molecular weight excluding hydrogens is 348 g/mol. The van der Waals surface area contributed by atoms with Gasteiger partial charge in [-0.05, 0) is 59.8 Å². The Morgan fingerprint density at radius 2 is 2.00 bits per heavy atom. The van der Waals surface area contributed by atoms with Gasteiger partial charge in [-0.15, -0.1) is 0 Å². The van der Waals surface area contributed by atoms with Crippen LogP contribution in [0.2, 0.25) is 5.02 Å². The molecule has 2 aliphatic rings. The molecule has 3 rings (SSSR count). The molecule has 0 radical (unpaired) electrons. The van der Waals surface area contributed by atoms with Crippen molar-refractivity contribution in [2.45, 2.75) is 51.1 Å². The molecule has 1 N–H and O–H groups in total. The van der Waals surface area contributed by atoms with Crippen molar-refractivity contribution in [3.8, 4) is 0 Å². The average Bonchev–Trinajstić information content (AvgIpc) is 2.51. The molecule has 1 saturated heterocycles. The fourth-order valence-electron chi connectivity index (χ4n) is 3.76. The van der Waals surface area contributed by atoms with E-state index in [1.54, 1.807) is 0 Å². The highest BCUT2D eigenvalue weighted by atomic mass is 79.9. The van der Waals surface area contributed by atoms with E-state index in [9.17, 15) is 0 Å². The molecule has 1 aromatic rings. The summed E-state index contributed by atoms with van der Waals surface area (Å²) in [5.74, 6) is 0.851. The summed E-state index contributed by atoms with van der Waals surface area (Å²) in [5.41, 5.74) is 1.28. The molecule has 1 aliphatic heterocycles. The molecule has 2 fully saturated rings. The van der Waals surface area contributed by atoms with Gasteiger partial charge in [-0.1, -0.05) is 30.9 Å². The highest BCUT2D eigenvalue weighted by Crippen LogP contribution is 2.32. The van der Waals surface area contributed by atoms with Crippen LogP contribution in [0.15, 0.2) is 22.7 Å². The van der Waals surface area contributed by atoms with Crippen molar-refractivity contribution in [2.75, 3.05) is 18.0 Å². The van der Waals surface area contributed by atoms with Crippen molar-refractivity contribution < 1.29 is 0 Å². The second kappa shape index (κ2) is 6.89. The van der Waals surface area contributed by atoms with Crippen molar-refractivity contribution in [3.05, 3.63) is 27.7 Å². The largest absolute Gasteiger partial charge is 0.366 e. The maximum Gasteiger partial charge on any atom is 0.0549 e. The van der Waals surface area contributed by atoms with E-state index in [-0.39, 0.29) is 0 Å². The van der Waals surface area contributed by atoms with Crippen molar-refractivity contribution in [3.63, 3.8) is 0 Å². The monoisotopic (exact) mass is 370 g/mol. The number of halogens is 2. The van der Waals surface area contributed by atoms with Crippen molar-refractivity contribution in [2.24, 2.45) is 5.92 Å². The second-order valence-corrected chi connectivity index (χ2v) is 7.77. The number of piperazine rings is 1. The standard InChI is InChI=1S/C17H24BrClN2/c1-12-10-20-17(13-5-3-2-4-6-13)11-21(12)14-7-8-16(19)15(18)9-14/h7-9,12-13,17,20H,2-6,10-11H2,1H3. The fourth-order valence-corrected chi connectivity index (χ4v) is 4.25. The lowest BCUT2D eigenvalue weighted by Gasteiger charge is -2.44. The van der Waals surface area contributed by atoms with Gasteiger partial charge in [-0.25, -0.2) is 0 Å². The summed E-state index contributed by atoms with van der Waals surface area (Å²) >= 11 is 9.68. The quantitative estimate of drug-likeness (QED) is 0.799. The molecule has 1 aliphatic carbocycles. The number of hydrogen-bond acceptors (Lipinski definition) is 2. The molecule has 1 saturated carbocycles. The zero-order chi connectivity index (χ0) is 14.8. The summed E-state index contributed by atoms with van der Waals surface area (Å²) in [6, 6.07) is 7.45. The number of nitrogens with zero attached hydrogens (tertiary/aromatic N) is 1. The summed E-state index contributed by atoms with van der Waals surface area (Å²) in [5, 5.41) is 4.57. The average molecular weight is 372 g/mol. The highest BCUT2D eigenvalue weighted by Gasteiger charge is 2.31. The van der Waals surface area contributed by atoms with Gasteiger partial charge in [0.1, 0.15) is 0 Å². The maximum absolute atomic E-state index is 6.13. The van der Waals surface area contributed by atoms with E-state index in [4.69, 9.17) is 11.6 Å². The topological polar surface area (TPSA) is 15.3 Å². The Kier molecular flexibility index (Phi) is 5.13. The van der Waals surface area contributed by atoms with Crippen molar-refractivity contribution in [1.82, 2.24) is 5.32 Å². The molecule has 1 heterocycles. The first-order valence-electron chi connectivity index (χ1n) is 8.10. The van der Waals surface area contributed by atoms with Crippen molar-refractivity contribution >= 4 is 33.2 Å². The molecule has 116 valence electrons. The third kappa shape index (κ3) is 3.57. The lowest BCUT2D eigenvalue weighted by molar-refractivity contribution is 0.245. The smallest absolute Gasteiger partial charge is 0.0549 e. The molecule has 2 unspecified atom stereocenters. The predicted octanol–water partition coefficient (Wildman–Crippen LogP) is 4.85. The molecule has 21 heavy (non-hydrogen) atoms. The van der Waals surface area contributed by atoms with Gasteiger partial charge in [-0.2, -0.15) is 0 Å². The third-order valence-corrected chi connectivity index (χ3v) is 6.27. The summed E-state index contributed by atoms with van der Waals surface area (Å²) in [6.07, 6.45) is 7.03. The summed E-state index contributed by atoms with van der Waals surface area (Å²) in [6.45, 7) is 4.48. The molecular formula is C17H24BrClN2. The van der Waals surface area contributed by atoms with Crippen LogP contribution < -0.4 is 10.2 Å². The number of rotatable bonds is 2. The van der Waals surface area contributed by atoms with Crippen molar-refractivity contribution in [1.29, 1.82) is 0 Å². The summed E-state index contributed by atoms with van der Waals surface area (Å²) in [7, 11) is 0. The van der Waals surface area contributed by atoms with Gasteiger partial charge in [0.05, 0.1) is 5.02 Å². The highest BCUT2D eigenvalue weighted by molar-refractivity contribution is 9.10. The number of hydrogen-bond donors (Lipinski definition) is 1. The zero-order valence-corrected chi connectivity index (χ0v) is 15.0. The van der Waals surface area contributed by atoms with Crippen LogP contribution in [0.25, 0.3) is 0 Å². The van der Waals surface area contributed by atoms with Crippen LogP contribution in [-0.2, 0) is 0 Å². The Balaban J connectivity index is 1.74. The molecule has 0 amide bonds. The van der Waals surface area contributed by atoms with Crippen LogP contribution in [0.4, 0.5) is 5.69 Å². The summed E-state index contributed by atoms with van der Waals surface area (Å²) in [4.78, 5) is 2.54. The fraction of sp³-hybridized carbons (Fsp3) is 0.647. The minimum absolute atomic E-state index is 0.526. The van der Waals surface area contributed by atoms with E-state index in [2.05, 4.69) is 45.2 Å². The van der Waals surface area contributed by atoms with E-state index >= 15 is 0 Å². The number of anilines is 1. The molecule has 2 atom stereocenters.